The molecule has 1 aromatic carbocycles. The third-order valence-electron chi connectivity index (χ3n) is 3.63. The van der Waals surface area contributed by atoms with Gasteiger partial charge in [-0.15, -0.1) is 0 Å². The summed E-state index contributed by atoms with van der Waals surface area (Å²) < 4.78 is 5.11. The van der Waals surface area contributed by atoms with Gasteiger partial charge >= 0.3 is 5.97 Å². The third kappa shape index (κ3) is 3.16. The summed E-state index contributed by atoms with van der Waals surface area (Å²) in [5.41, 5.74) is -0.424. The number of rotatable bonds is 6. The molecule has 0 aromatic heterocycles. The molecule has 1 N–H and O–H groups in total. The largest absolute Gasteiger partial charge is 0.466 e. The quantitative estimate of drug-likeness (QED) is 0.803. The molecule has 0 aliphatic rings. The molecule has 0 amide bonds. The molecule has 2 unspecified atom stereocenters. The fourth-order valence-electron chi connectivity index (χ4n) is 2.54. The monoisotopic (exact) mass is 264 g/mol. The number of hydrogen-bond acceptors (Lipinski definition) is 3. The summed E-state index contributed by atoms with van der Waals surface area (Å²) in [5, 5.41) is 11.1. The topological polar surface area (TPSA) is 46.5 Å². The van der Waals surface area contributed by atoms with Crippen LogP contribution < -0.4 is 0 Å². The fourth-order valence-corrected chi connectivity index (χ4v) is 2.54. The number of ether oxygens (including phenoxy) is 1. The van der Waals surface area contributed by atoms with E-state index in [9.17, 15) is 9.90 Å². The normalized spacial score (nSPS) is 15.9. The predicted octanol–water partition coefficient (Wildman–Crippen LogP) is 3.12. The molecular formula is C16H24O3. The average Bonchev–Trinajstić information content (AvgIpc) is 2.40. The van der Waals surface area contributed by atoms with Crippen molar-refractivity contribution in [3.8, 4) is 0 Å². The van der Waals surface area contributed by atoms with Crippen molar-refractivity contribution < 1.29 is 14.6 Å². The van der Waals surface area contributed by atoms with E-state index in [1.54, 1.807) is 6.92 Å². The van der Waals surface area contributed by atoms with Gasteiger partial charge in [-0.3, -0.25) is 4.79 Å². The summed E-state index contributed by atoms with van der Waals surface area (Å²) in [6, 6.07) is 9.38. The summed E-state index contributed by atoms with van der Waals surface area (Å²) in [6.07, 6.45) is 0.544. The molecule has 1 aromatic rings. The molecule has 0 radical (unpaired) electrons. The number of hydrogen-bond donors (Lipinski definition) is 1. The van der Waals surface area contributed by atoms with Gasteiger partial charge in [-0.05, 0) is 24.8 Å². The van der Waals surface area contributed by atoms with Crippen LogP contribution in [0.3, 0.4) is 0 Å². The van der Waals surface area contributed by atoms with Gasteiger partial charge in [0.2, 0.25) is 0 Å². The SMILES string of the molecule is CCOC(=O)C(CC)C(O)(c1ccccc1)C(C)C. The molecule has 0 saturated heterocycles. The van der Waals surface area contributed by atoms with E-state index >= 15 is 0 Å². The van der Waals surface area contributed by atoms with Gasteiger partial charge in [0.05, 0.1) is 12.5 Å². The predicted molar refractivity (Wildman–Crippen MR) is 75.6 cm³/mol. The Morgan fingerprint density at radius 2 is 1.84 bits per heavy atom. The highest BCUT2D eigenvalue weighted by atomic mass is 16.5. The molecule has 0 fully saturated rings. The zero-order valence-electron chi connectivity index (χ0n) is 12.2. The molecule has 1 rings (SSSR count). The minimum absolute atomic E-state index is 0.0794. The van der Waals surface area contributed by atoms with Gasteiger partial charge in [0.1, 0.15) is 5.60 Å². The van der Waals surface area contributed by atoms with Crippen molar-refractivity contribution >= 4 is 5.97 Å². The van der Waals surface area contributed by atoms with Gasteiger partial charge < -0.3 is 9.84 Å². The van der Waals surface area contributed by atoms with Crippen LogP contribution in [0.1, 0.15) is 39.7 Å². The molecule has 0 heterocycles. The highest BCUT2D eigenvalue weighted by molar-refractivity contribution is 5.74. The first-order valence-electron chi connectivity index (χ1n) is 6.92. The van der Waals surface area contributed by atoms with Crippen molar-refractivity contribution in [2.24, 2.45) is 11.8 Å². The Labute approximate surface area is 115 Å². The molecule has 0 spiro atoms. The molecule has 2 atom stereocenters. The zero-order valence-corrected chi connectivity index (χ0v) is 12.2. The van der Waals surface area contributed by atoms with E-state index < -0.39 is 11.5 Å². The minimum Gasteiger partial charge on any atom is -0.466 e. The second kappa shape index (κ2) is 6.71. The van der Waals surface area contributed by atoms with Crippen molar-refractivity contribution in [3.63, 3.8) is 0 Å². The van der Waals surface area contributed by atoms with Gasteiger partial charge in [0.15, 0.2) is 0 Å². The van der Waals surface area contributed by atoms with Crippen molar-refractivity contribution in [1.29, 1.82) is 0 Å². The number of benzene rings is 1. The zero-order chi connectivity index (χ0) is 14.5. The molecule has 3 nitrogen and oxygen atoms in total. The lowest BCUT2D eigenvalue weighted by atomic mass is 9.72. The Morgan fingerprint density at radius 1 is 1.26 bits per heavy atom. The maximum atomic E-state index is 12.1. The van der Waals surface area contributed by atoms with Crippen LogP contribution in [0.4, 0.5) is 0 Å². The molecule has 3 heteroatoms. The average molecular weight is 264 g/mol. The highest BCUT2D eigenvalue weighted by Gasteiger charge is 2.45. The first-order chi connectivity index (χ1) is 8.98. The Morgan fingerprint density at radius 3 is 2.26 bits per heavy atom. The van der Waals surface area contributed by atoms with E-state index in [0.29, 0.717) is 13.0 Å². The first kappa shape index (κ1) is 15.7. The molecule has 0 saturated carbocycles. The maximum Gasteiger partial charge on any atom is 0.312 e. The Hall–Kier alpha value is -1.35. The Balaban J connectivity index is 3.21. The van der Waals surface area contributed by atoms with Gasteiger partial charge in [0, 0.05) is 0 Å². The van der Waals surface area contributed by atoms with Crippen LogP contribution in [0.15, 0.2) is 30.3 Å². The van der Waals surface area contributed by atoms with Crippen molar-refractivity contribution in [2.75, 3.05) is 6.61 Å². The van der Waals surface area contributed by atoms with Crippen molar-refractivity contribution in [2.45, 2.75) is 39.7 Å². The van der Waals surface area contributed by atoms with Crippen LogP contribution in [0.5, 0.6) is 0 Å². The van der Waals surface area contributed by atoms with Crippen molar-refractivity contribution in [3.05, 3.63) is 35.9 Å². The minimum atomic E-state index is -1.19. The number of carbonyl (C=O) groups is 1. The van der Waals surface area contributed by atoms with E-state index in [0.717, 1.165) is 5.56 Å². The molecule has 0 bridgehead atoms. The molecule has 19 heavy (non-hydrogen) atoms. The molecule has 0 aliphatic heterocycles. The lowest BCUT2D eigenvalue weighted by Crippen LogP contribution is -2.44. The van der Waals surface area contributed by atoms with Crippen LogP contribution in [-0.4, -0.2) is 17.7 Å². The van der Waals surface area contributed by atoms with E-state index in [2.05, 4.69) is 0 Å². The van der Waals surface area contributed by atoms with Gasteiger partial charge in [-0.1, -0.05) is 51.1 Å². The van der Waals surface area contributed by atoms with Crippen LogP contribution in [0.25, 0.3) is 0 Å². The Bertz CT molecular complexity index is 400. The standard InChI is InChI=1S/C16H24O3/c1-5-14(15(17)19-6-2)16(18,12(3)4)13-10-8-7-9-11-13/h7-12,14,18H,5-6H2,1-4H3. The molecule has 106 valence electrons. The van der Waals surface area contributed by atoms with E-state index in [1.165, 1.54) is 0 Å². The summed E-state index contributed by atoms with van der Waals surface area (Å²) in [5.74, 6) is -0.954. The van der Waals surface area contributed by atoms with E-state index in [4.69, 9.17) is 4.74 Å². The molecular weight excluding hydrogens is 240 g/mol. The Kier molecular flexibility index (Phi) is 5.55. The highest BCUT2D eigenvalue weighted by Crippen LogP contribution is 2.39. The summed E-state index contributed by atoms with van der Waals surface area (Å²) in [6.45, 7) is 7.86. The van der Waals surface area contributed by atoms with E-state index in [1.807, 2.05) is 51.1 Å². The number of carbonyl (C=O) groups excluding carboxylic acids is 1. The second-order valence-corrected chi connectivity index (χ2v) is 5.06. The lowest BCUT2D eigenvalue weighted by Gasteiger charge is -2.38. The summed E-state index contributed by atoms with van der Waals surface area (Å²) >= 11 is 0. The first-order valence-corrected chi connectivity index (χ1v) is 6.92. The third-order valence-corrected chi connectivity index (χ3v) is 3.63. The fraction of sp³-hybridized carbons (Fsp3) is 0.562. The van der Waals surface area contributed by atoms with Gasteiger partial charge in [0.25, 0.3) is 0 Å². The van der Waals surface area contributed by atoms with Crippen LogP contribution in [0.2, 0.25) is 0 Å². The number of aliphatic hydroxyl groups is 1. The van der Waals surface area contributed by atoms with Crippen LogP contribution >= 0.6 is 0 Å². The maximum absolute atomic E-state index is 12.1. The smallest absolute Gasteiger partial charge is 0.312 e. The van der Waals surface area contributed by atoms with Crippen LogP contribution in [-0.2, 0) is 15.1 Å². The number of esters is 1. The van der Waals surface area contributed by atoms with Crippen LogP contribution in [0, 0.1) is 11.8 Å². The lowest BCUT2D eigenvalue weighted by molar-refractivity contribution is -0.164. The van der Waals surface area contributed by atoms with Crippen molar-refractivity contribution in [1.82, 2.24) is 0 Å². The summed E-state index contributed by atoms with van der Waals surface area (Å²) in [7, 11) is 0. The van der Waals surface area contributed by atoms with Gasteiger partial charge in [-0.25, -0.2) is 0 Å². The summed E-state index contributed by atoms with van der Waals surface area (Å²) in [4.78, 5) is 12.1. The van der Waals surface area contributed by atoms with Gasteiger partial charge in [-0.2, -0.15) is 0 Å². The molecule has 0 aliphatic carbocycles. The van der Waals surface area contributed by atoms with E-state index in [-0.39, 0.29) is 11.9 Å². The second-order valence-electron chi connectivity index (χ2n) is 5.06.